The molecule has 1 rings (SSSR count). The molecule has 0 unspecified atom stereocenters. The third-order valence-corrected chi connectivity index (χ3v) is 2.57. The van der Waals surface area contributed by atoms with Gasteiger partial charge in [0.2, 0.25) is 0 Å². The maximum atomic E-state index is 12.5. The molecule has 0 heterocycles. The molecular formula is C12H14F3NO4. The van der Waals surface area contributed by atoms with Gasteiger partial charge in [0.05, 0.1) is 12.7 Å². The average Bonchev–Trinajstić information content (AvgIpc) is 2.34. The van der Waals surface area contributed by atoms with Crippen LogP contribution in [0.2, 0.25) is 0 Å². The number of methoxy groups -OCH3 is 1. The molecule has 0 aliphatic carbocycles. The Bertz CT molecular complexity index is 500. The highest BCUT2D eigenvalue weighted by atomic mass is 19.4. The van der Waals surface area contributed by atoms with Crippen molar-refractivity contribution in [1.29, 1.82) is 0 Å². The molecule has 20 heavy (non-hydrogen) atoms. The van der Waals surface area contributed by atoms with E-state index in [1.807, 2.05) is 0 Å². The first-order valence-electron chi connectivity index (χ1n) is 5.49. The maximum Gasteiger partial charge on any atom is 0.420 e. The predicted octanol–water partition coefficient (Wildman–Crippen LogP) is 1.49. The summed E-state index contributed by atoms with van der Waals surface area (Å²) < 4.78 is 47.4. The third kappa shape index (κ3) is 3.32. The van der Waals surface area contributed by atoms with Crippen molar-refractivity contribution in [1.82, 2.24) is 0 Å². The highest BCUT2D eigenvalue weighted by Gasteiger charge is 2.50. The van der Waals surface area contributed by atoms with Crippen molar-refractivity contribution in [3.63, 3.8) is 0 Å². The first kappa shape index (κ1) is 16.1. The zero-order chi connectivity index (χ0) is 15.6. The number of ether oxygens (including phenoxy) is 2. The lowest BCUT2D eigenvalue weighted by Gasteiger charge is -2.26. The van der Waals surface area contributed by atoms with E-state index in [0.29, 0.717) is 6.92 Å². The van der Waals surface area contributed by atoms with Crippen LogP contribution in [0.5, 0.6) is 11.5 Å². The van der Waals surface area contributed by atoms with Gasteiger partial charge in [0.1, 0.15) is 6.61 Å². The SMILES string of the molecule is COc1cccc(C(N)=O)c1OC[C@](C)(O)C(F)(F)F. The molecule has 0 spiro atoms. The second kappa shape index (κ2) is 5.58. The average molecular weight is 293 g/mol. The van der Waals surface area contributed by atoms with Crippen molar-refractivity contribution >= 4 is 5.91 Å². The van der Waals surface area contributed by atoms with Crippen LogP contribution in [0.1, 0.15) is 17.3 Å². The van der Waals surface area contributed by atoms with Gasteiger partial charge < -0.3 is 20.3 Å². The van der Waals surface area contributed by atoms with E-state index in [9.17, 15) is 23.1 Å². The van der Waals surface area contributed by atoms with Crippen LogP contribution in [0.4, 0.5) is 13.2 Å². The Labute approximate surface area is 113 Å². The number of nitrogens with two attached hydrogens (primary N) is 1. The number of carbonyl (C=O) groups excluding carboxylic acids is 1. The molecule has 0 aromatic heterocycles. The number of amides is 1. The Morgan fingerprint density at radius 2 is 2.00 bits per heavy atom. The monoisotopic (exact) mass is 293 g/mol. The van der Waals surface area contributed by atoms with Gasteiger partial charge in [0.15, 0.2) is 17.1 Å². The number of carbonyl (C=O) groups is 1. The van der Waals surface area contributed by atoms with Crippen LogP contribution in [0.15, 0.2) is 18.2 Å². The number of halogens is 3. The first-order chi connectivity index (χ1) is 9.10. The van der Waals surface area contributed by atoms with Gasteiger partial charge in [-0.25, -0.2) is 0 Å². The van der Waals surface area contributed by atoms with Gasteiger partial charge in [-0.15, -0.1) is 0 Å². The van der Waals surface area contributed by atoms with Gasteiger partial charge in [-0.3, -0.25) is 4.79 Å². The molecule has 1 aromatic rings. The van der Waals surface area contributed by atoms with Crippen molar-refractivity contribution in [3.05, 3.63) is 23.8 Å². The number of alkyl halides is 3. The number of hydrogen-bond acceptors (Lipinski definition) is 4. The van der Waals surface area contributed by atoms with Crippen LogP contribution in [0.3, 0.4) is 0 Å². The molecule has 0 aliphatic heterocycles. The van der Waals surface area contributed by atoms with E-state index >= 15 is 0 Å². The van der Waals surface area contributed by atoms with Crippen molar-refractivity contribution < 1.29 is 32.5 Å². The van der Waals surface area contributed by atoms with Crippen LogP contribution in [0, 0.1) is 0 Å². The number of hydrogen-bond donors (Lipinski definition) is 2. The minimum atomic E-state index is -4.87. The summed E-state index contributed by atoms with van der Waals surface area (Å²) in [5, 5.41) is 9.30. The molecule has 0 bridgehead atoms. The second-order valence-corrected chi connectivity index (χ2v) is 4.26. The molecule has 0 saturated carbocycles. The Morgan fingerprint density at radius 1 is 1.40 bits per heavy atom. The maximum absolute atomic E-state index is 12.5. The number of rotatable bonds is 5. The number of benzene rings is 1. The van der Waals surface area contributed by atoms with Gasteiger partial charge in [-0.05, 0) is 19.1 Å². The molecular weight excluding hydrogens is 279 g/mol. The highest BCUT2D eigenvalue weighted by molar-refractivity contribution is 5.96. The summed E-state index contributed by atoms with van der Waals surface area (Å²) in [5.74, 6) is -1.09. The van der Waals surface area contributed by atoms with E-state index in [4.69, 9.17) is 15.2 Å². The van der Waals surface area contributed by atoms with Crippen LogP contribution in [-0.2, 0) is 0 Å². The van der Waals surface area contributed by atoms with E-state index in [2.05, 4.69) is 0 Å². The molecule has 8 heteroatoms. The molecule has 0 saturated heterocycles. The summed E-state index contributed by atoms with van der Waals surface area (Å²) in [5.41, 5.74) is 1.90. The molecule has 112 valence electrons. The number of aliphatic hydroxyl groups is 1. The molecule has 1 atom stereocenters. The lowest BCUT2D eigenvalue weighted by molar-refractivity contribution is -0.260. The zero-order valence-corrected chi connectivity index (χ0v) is 10.8. The largest absolute Gasteiger partial charge is 0.493 e. The van der Waals surface area contributed by atoms with E-state index in [1.54, 1.807) is 0 Å². The van der Waals surface area contributed by atoms with Gasteiger partial charge in [0.25, 0.3) is 5.91 Å². The highest BCUT2D eigenvalue weighted by Crippen LogP contribution is 2.34. The standard InChI is InChI=1S/C12H14F3NO4/c1-11(18,12(13,14)15)6-20-9-7(10(16)17)4-3-5-8(9)19-2/h3-5,18H,6H2,1-2H3,(H2,16,17)/t11-/m0/s1. The summed E-state index contributed by atoms with van der Waals surface area (Å²) >= 11 is 0. The fourth-order valence-corrected chi connectivity index (χ4v) is 1.31. The third-order valence-electron chi connectivity index (χ3n) is 2.57. The lowest BCUT2D eigenvalue weighted by Crippen LogP contribution is -2.47. The molecule has 5 nitrogen and oxygen atoms in total. The number of primary amides is 1. The molecule has 1 amide bonds. The summed E-state index contributed by atoms with van der Waals surface area (Å²) in [6, 6.07) is 4.11. The number of para-hydroxylation sites is 1. The smallest absolute Gasteiger partial charge is 0.420 e. The second-order valence-electron chi connectivity index (χ2n) is 4.26. The van der Waals surface area contributed by atoms with E-state index < -0.39 is 24.3 Å². The topological polar surface area (TPSA) is 81.8 Å². The lowest BCUT2D eigenvalue weighted by atomic mass is 10.1. The van der Waals surface area contributed by atoms with Crippen molar-refractivity contribution in [2.24, 2.45) is 5.73 Å². The Morgan fingerprint density at radius 3 is 2.45 bits per heavy atom. The molecule has 1 aromatic carbocycles. The summed E-state index contributed by atoms with van der Waals surface area (Å²) in [4.78, 5) is 11.2. The van der Waals surface area contributed by atoms with E-state index in [-0.39, 0.29) is 17.1 Å². The van der Waals surface area contributed by atoms with Crippen molar-refractivity contribution in [2.75, 3.05) is 13.7 Å². The minimum absolute atomic E-state index is 0.0410. The van der Waals surface area contributed by atoms with Gasteiger partial charge >= 0.3 is 6.18 Å². The normalized spacial score (nSPS) is 14.5. The zero-order valence-electron chi connectivity index (χ0n) is 10.8. The summed E-state index contributed by atoms with van der Waals surface area (Å²) in [6.07, 6.45) is -4.87. The quantitative estimate of drug-likeness (QED) is 0.861. The van der Waals surface area contributed by atoms with E-state index in [1.165, 1.54) is 25.3 Å². The first-order valence-corrected chi connectivity index (χ1v) is 5.49. The molecule has 3 N–H and O–H groups in total. The Balaban J connectivity index is 3.06. The van der Waals surface area contributed by atoms with Gasteiger partial charge in [-0.1, -0.05) is 6.07 Å². The van der Waals surface area contributed by atoms with Gasteiger partial charge in [-0.2, -0.15) is 13.2 Å². The van der Waals surface area contributed by atoms with Crippen LogP contribution < -0.4 is 15.2 Å². The molecule has 0 radical (unpaired) electrons. The van der Waals surface area contributed by atoms with Gasteiger partial charge in [0, 0.05) is 0 Å². The van der Waals surface area contributed by atoms with Crippen molar-refractivity contribution in [3.8, 4) is 11.5 Å². The summed E-state index contributed by atoms with van der Waals surface area (Å²) in [7, 11) is 1.26. The van der Waals surface area contributed by atoms with Crippen LogP contribution in [-0.4, -0.2) is 36.5 Å². The van der Waals surface area contributed by atoms with Crippen LogP contribution >= 0.6 is 0 Å². The minimum Gasteiger partial charge on any atom is -0.493 e. The van der Waals surface area contributed by atoms with Crippen molar-refractivity contribution in [2.45, 2.75) is 18.7 Å². The molecule has 0 fully saturated rings. The van der Waals surface area contributed by atoms with E-state index in [0.717, 1.165) is 0 Å². The van der Waals surface area contributed by atoms with Crippen LogP contribution in [0.25, 0.3) is 0 Å². The Hall–Kier alpha value is -1.96. The Kier molecular flexibility index (Phi) is 4.49. The predicted molar refractivity (Wildman–Crippen MR) is 63.7 cm³/mol. The fourth-order valence-electron chi connectivity index (χ4n) is 1.31. The fraction of sp³-hybridized carbons (Fsp3) is 0.417. The summed E-state index contributed by atoms with van der Waals surface area (Å²) in [6.45, 7) is -0.538. The molecule has 0 aliphatic rings.